The Morgan fingerprint density at radius 1 is 0.960 bits per heavy atom. The summed E-state index contributed by atoms with van der Waals surface area (Å²) in [5.41, 5.74) is 1.23. The molecule has 1 fully saturated rings. The molecule has 0 aliphatic carbocycles. The molecule has 0 amide bonds. The maximum atomic E-state index is 12.9. The van der Waals surface area contributed by atoms with Crippen molar-refractivity contribution in [3.05, 3.63) is 62.5 Å². The Morgan fingerprint density at radius 2 is 1.56 bits per heavy atom. The molecule has 2 aromatic rings. The van der Waals surface area contributed by atoms with Gasteiger partial charge in [-0.15, -0.1) is 0 Å². The summed E-state index contributed by atoms with van der Waals surface area (Å²) in [5.74, 6) is 0. The van der Waals surface area contributed by atoms with Crippen LogP contribution in [0.1, 0.15) is 5.56 Å². The molecule has 4 nitrogen and oxygen atoms in total. The van der Waals surface area contributed by atoms with E-state index in [4.69, 9.17) is 23.2 Å². The highest BCUT2D eigenvalue weighted by Gasteiger charge is 2.30. The van der Waals surface area contributed by atoms with Crippen molar-refractivity contribution < 1.29 is 8.42 Å². The first-order valence-electron chi connectivity index (χ1n) is 7.79. The number of nitrogens with zero attached hydrogens (tertiary/aromatic N) is 2. The summed E-state index contributed by atoms with van der Waals surface area (Å²) in [6.07, 6.45) is 0. The van der Waals surface area contributed by atoms with E-state index < -0.39 is 10.0 Å². The van der Waals surface area contributed by atoms with E-state index in [1.807, 2.05) is 18.2 Å². The molecule has 0 N–H and O–H groups in total. The second-order valence-corrected chi connectivity index (χ2v) is 9.44. The number of hydrogen-bond acceptors (Lipinski definition) is 3. The minimum absolute atomic E-state index is 0.151. The molecule has 0 spiro atoms. The zero-order valence-corrected chi connectivity index (χ0v) is 17.2. The van der Waals surface area contributed by atoms with Crippen LogP contribution in [-0.2, 0) is 16.6 Å². The van der Waals surface area contributed by atoms with Crippen molar-refractivity contribution in [3.8, 4) is 0 Å². The summed E-state index contributed by atoms with van der Waals surface area (Å²) >= 11 is 15.2. The number of rotatable bonds is 4. The first-order valence-corrected chi connectivity index (χ1v) is 10.8. The Balaban J connectivity index is 1.71. The molecule has 8 heteroatoms. The molecule has 2 aromatic carbocycles. The maximum Gasteiger partial charge on any atom is 0.244 e. The van der Waals surface area contributed by atoms with Gasteiger partial charge in [-0.25, -0.2) is 8.42 Å². The minimum atomic E-state index is -3.61. The summed E-state index contributed by atoms with van der Waals surface area (Å²) in [7, 11) is -3.61. The molecule has 0 aromatic heterocycles. The first kappa shape index (κ1) is 19.1. The number of hydrogen-bond donors (Lipinski definition) is 0. The normalized spacial score (nSPS) is 16.9. The van der Waals surface area contributed by atoms with Gasteiger partial charge in [0.05, 0.1) is 14.9 Å². The van der Waals surface area contributed by atoms with Crippen LogP contribution in [0.25, 0.3) is 0 Å². The molecule has 134 valence electrons. The molecule has 25 heavy (non-hydrogen) atoms. The predicted octanol–water partition coefficient (Wildman–Crippen LogP) is 4.26. The van der Waals surface area contributed by atoms with Gasteiger partial charge < -0.3 is 0 Å². The molecular weight excluding hydrogens is 447 g/mol. The Bertz CT molecular complexity index is 854. The predicted molar refractivity (Wildman–Crippen MR) is 105 cm³/mol. The van der Waals surface area contributed by atoms with Crippen LogP contribution >= 0.6 is 39.1 Å². The average molecular weight is 464 g/mol. The fourth-order valence-electron chi connectivity index (χ4n) is 2.81. The number of sulfonamides is 1. The van der Waals surface area contributed by atoms with Crippen LogP contribution in [0.3, 0.4) is 0 Å². The monoisotopic (exact) mass is 462 g/mol. The Hall–Kier alpha value is -0.630. The summed E-state index contributed by atoms with van der Waals surface area (Å²) in [4.78, 5) is 2.41. The Morgan fingerprint density at radius 3 is 2.20 bits per heavy atom. The van der Waals surface area contributed by atoms with Crippen LogP contribution in [0, 0.1) is 0 Å². The van der Waals surface area contributed by atoms with Crippen molar-refractivity contribution in [2.75, 3.05) is 26.2 Å². The van der Waals surface area contributed by atoms with Gasteiger partial charge >= 0.3 is 0 Å². The number of piperazine rings is 1. The fraction of sp³-hybridized carbons (Fsp3) is 0.294. The lowest BCUT2D eigenvalue weighted by molar-refractivity contribution is 0.181. The van der Waals surface area contributed by atoms with Crippen molar-refractivity contribution in [3.63, 3.8) is 0 Å². The summed E-state index contributed by atoms with van der Waals surface area (Å²) in [5, 5.41) is 0.548. The van der Waals surface area contributed by atoms with Gasteiger partial charge in [0.1, 0.15) is 0 Å². The number of benzene rings is 2. The van der Waals surface area contributed by atoms with Crippen LogP contribution in [0.2, 0.25) is 10.0 Å². The quantitative estimate of drug-likeness (QED) is 0.636. The van der Waals surface area contributed by atoms with Crippen molar-refractivity contribution in [2.24, 2.45) is 0 Å². The molecule has 0 saturated carbocycles. The molecule has 0 bridgehead atoms. The largest absolute Gasteiger partial charge is 0.296 e. The summed E-state index contributed by atoms with van der Waals surface area (Å²) < 4.78 is 27.7. The van der Waals surface area contributed by atoms with Crippen LogP contribution in [0.4, 0.5) is 0 Å². The van der Waals surface area contributed by atoms with E-state index in [0.29, 0.717) is 35.7 Å². The van der Waals surface area contributed by atoms with Crippen LogP contribution in [0.15, 0.2) is 51.8 Å². The minimum Gasteiger partial charge on any atom is -0.296 e. The third-order valence-corrected chi connectivity index (χ3v) is 7.75. The van der Waals surface area contributed by atoms with Gasteiger partial charge in [0.2, 0.25) is 10.0 Å². The van der Waals surface area contributed by atoms with Crippen LogP contribution in [0.5, 0.6) is 0 Å². The van der Waals surface area contributed by atoms with E-state index in [1.54, 1.807) is 0 Å². The average Bonchev–Trinajstić information content (AvgIpc) is 2.59. The fourth-order valence-corrected chi connectivity index (χ4v) is 5.79. The van der Waals surface area contributed by atoms with Gasteiger partial charge in [-0.2, -0.15) is 4.31 Å². The van der Waals surface area contributed by atoms with E-state index in [1.165, 1.54) is 22.0 Å². The van der Waals surface area contributed by atoms with Gasteiger partial charge in [-0.05, 0) is 33.6 Å². The smallest absolute Gasteiger partial charge is 0.244 e. The molecule has 0 atom stereocenters. The Labute approximate surface area is 166 Å². The maximum absolute atomic E-state index is 12.9. The lowest BCUT2D eigenvalue weighted by Gasteiger charge is -2.34. The zero-order valence-electron chi connectivity index (χ0n) is 13.3. The lowest BCUT2D eigenvalue weighted by Crippen LogP contribution is -2.48. The molecular formula is C17H17BrCl2N2O2S. The van der Waals surface area contributed by atoms with Crippen molar-refractivity contribution >= 4 is 49.2 Å². The topological polar surface area (TPSA) is 40.6 Å². The SMILES string of the molecule is O=S(=O)(c1cc(Cl)c(Cl)cc1Br)N1CCN(Cc2ccccc2)CC1. The highest BCUT2D eigenvalue weighted by Crippen LogP contribution is 2.33. The van der Waals surface area contributed by atoms with Crippen LogP contribution < -0.4 is 0 Å². The second kappa shape index (κ2) is 7.94. The first-order chi connectivity index (χ1) is 11.9. The highest BCUT2D eigenvalue weighted by atomic mass is 79.9. The highest BCUT2D eigenvalue weighted by molar-refractivity contribution is 9.10. The standard InChI is InChI=1S/C17H17BrCl2N2O2S/c18-14-10-15(19)16(20)11-17(14)25(23,24)22-8-6-21(7-9-22)12-13-4-2-1-3-5-13/h1-5,10-11H,6-9,12H2. The van der Waals surface area contributed by atoms with E-state index in [0.717, 1.165) is 6.54 Å². The van der Waals surface area contributed by atoms with Crippen LogP contribution in [-0.4, -0.2) is 43.8 Å². The molecule has 1 heterocycles. The van der Waals surface area contributed by atoms with E-state index >= 15 is 0 Å². The molecule has 1 aliphatic rings. The van der Waals surface area contributed by atoms with Gasteiger partial charge in [0.25, 0.3) is 0 Å². The third-order valence-electron chi connectivity index (χ3n) is 4.17. The van der Waals surface area contributed by atoms with Crippen molar-refractivity contribution in [2.45, 2.75) is 11.4 Å². The van der Waals surface area contributed by atoms with Crippen molar-refractivity contribution in [1.29, 1.82) is 0 Å². The molecule has 3 rings (SSSR count). The van der Waals surface area contributed by atoms with Gasteiger partial charge in [-0.3, -0.25) is 4.90 Å². The van der Waals surface area contributed by atoms with E-state index in [2.05, 4.69) is 33.0 Å². The summed E-state index contributed by atoms with van der Waals surface area (Å²) in [6, 6.07) is 13.1. The van der Waals surface area contributed by atoms with Crippen molar-refractivity contribution in [1.82, 2.24) is 9.21 Å². The molecule has 0 unspecified atom stereocenters. The molecule has 1 aliphatic heterocycles. The number of halogens is 3. The molecule has 0 radical (unpaired) electrons. The lowest BCUT2D eigenvalue weighted by atomic mass is 10.2. The second-order valence-electron chi connectivity index (χ2n) is 5.86. The molecule has 1 saturated heterocycles. The van der Waals surface area contributed by atoms with E-state index in [9.17, 15) is 8.42 Å². The third kappa shape index (κ3) is 4.38. The zero-order chi connectivity index (χ0) is 18.0. The van der Waals surface area contributed by atoms with E-state index in [-0.39, 0.29) is 9.92 Å². The van der Waals surface area contributed by atoms with Gasteiger partial charge in [0, 0.05) is 37.2 Å². The Kier molecular flexibility index (Phi) is 6.08. The van der Waals surface area contributed by atoms with Gasteiger partial charge in [0.15, 0.2) is 0 Å². The summed E-state index contributed by atoms with van der Waals surface area (Å²) in [6.45, 7) is 3.09. The van der Waals surface area contributed by atoms with Gasteiger partial charge in [-0.1, -0.05) is 53.5 Å².